The zero-order valence-electron chi connectivity index (χ0n) is 11.4. The van der Waals surface area contributed by atoms with Crippen molar-refractivity contribution < 1.29 is 9.90 Å². The summed E-state index contributed by atoms with van der Waals surface area (Å²) < 4.78 is 2.98. The van der Waals surface area contributed by atoms with Gasteiger partial charge in [0.2, 0.25) is 0 Å². The lowest BCUT2D eigenvalue weighted by molar-refractivity contribution is -0.137. The number of nitrogens with two attached hydrogens (primary N) is 1. The van der Waals surface area contributed by atoms with Crippen LogP contribution in [0.4, 0.5) is 0 Å². The Morgan fingerprint density at radius 1 is 1.43 bits per heavy atom. The molecule has 1 aliphatic rings. The third kappa shape index (κ3) is 3.01. The van der Waals surface area contributed by atoms with Crippen molar-refractivity contribution in [3.63, 3.8) is 0 Å². The highest BCUT2D eigenvalue weighted by molar-refractivity contribution is 9.10. The first kappa shape index (κ1) is 14.3. The van der Waals surface area contributed by atoms with E-state index in [-0.39, 0.29) is 6.42 Å². The van der Waals surface area contributed by atoms with Crippen molar-refractivity contribution in [3.8, 4) is 5.69 Å². The Hall–Kier alpha value is -1.66. The molecular formula is C15H16BrN3O2. The summed E-state index contributed by atoms with van der Waals surface area (Å²) in [5, 5.41) is 13.2. The SMILES string of the molecule is NC(CC(=O)O)c1ccc(-n2ncc(Br)c2C2CC2)cc1. The molecule has 0 spiro atoms. The predicted octanol–water partition coefficient (Wildman–Crippen LogP) is 2.99. The monoisotopic (exact) mass is 349 g/mol. The molecule has 3 N–H and O–H groups in total. The Kier molecular flexibility index (Phi) is 3.82. The van der Waals surface area contributed by atoms with Gasteiger partial charge in [0.25, 0.3) is 0 Å². The van der Waals surface area contributed by atoms with Gasteiger partial charge in [-0.1, -0.05) is 12.1 Å². The van der Waals surface area contributed by atoms with Crippen molar-refractivity contribution >= 4 is 21.9 Å². The maximum Gasteiger partial charge on any atom is 0.305 e. The van der Waals surface area contributed by atoms with E-state index in [1.807, 2.05) is 35.1 Å². The average molecular weight is 350 g/mol. The van der Waals surface area contributed by atoms with Crippen LogP contribution in [0.1, 0.15) is 42.5 Å². The normalized spacial score (nSPS) is 15.9. The van der Waals surface area contributed by atoms with Gasteiger partial charge in [-0.15, -0.1) is 0 Å². The molecule has 0 aliphatic heterocycles. The Balaban J connectivity index is 1.86. The highest BCUT2D eigenvalue weighted by Crippen LogP contribution is 2.43. The molecule has 1 atom stereocenters. The molecule has 110 valence electrons. The van der Waals surface area contributed by atoms with Crippen LogP contribution in [0.15, 0.2) is 34.9 Å². The van der Waals surface area contributed by atoms with Gasteiger partial charge >= 0.3 is 5.97 Å². The molecule has 1 heterocycles. The van der Waals surface area contributed by atoms with Crippen molar-refractivity contribution in [2.45, 2.75) is 31.2 Å². The molecule has 0 radical (unpaired) electrons. The largest absolute Gasteiger partial charge is 0.481 e. The fraction of sp³-hybridized carbons (Fsp3) is 0.333. The van der Waals surface area contributed by atoms with Gasteiger partial charge in [0, 0.05) is 12.0 Å². The van der Waals surface area contributed by atoms with Gasteiger partial charge in [0.05, 0.1) is 28.5 Å². The number of carbonyl (C=O) groups is 1. The van der Waals surface area contributed by atoms with Crippen molar-refractivity contribution in [2.75, 3.05) is 0 Å². The van der Waals surface area contributed by atoms with E-state index in [1.165, 1.54) is 18.5 Å². The highest BCUT2D eigenvalue weighted by Gasteiger charge is 2.30. The fourth-order valence-corrected chi connectivity index (χ4v) is 3.02. The van der Waals surface area contributed by atoms with Crippen LogP contribution in [0.3, 0.4) is 0 Å². The smallest absolute Gasteiger partial charge is 0.305 e. The lowest BCUT2D eigenvalue weighted by Crippen LogP contribution is -2.15. The molecular weight excluding hydrogens is 334 g/mol. The van der Waals surface area contributed by atoms with Crippen LogP contribution in [0, 0.1) is 0 Å². The number of hydrogen-bond acceptors (Lipinski definition) is 3. The molecule has 21 heavy (non-hydrogen) atoms. The van der Waals surface area contributed by atoms with Crippen LogP contribution < -0.4 is 5.73 Å². The van der Waals surface area contributed by atoms with Gasteiger partial charge in [-0.2, -0.15) is 5.10 Å². The molecule has 1 aromatic carbocycles. The number of halogens is 1. The van der Waals surface area contributed by atoms with Crippen LogP contribution >= 0.6 is 15.9 Å². The number of aromatic nitrogens is 2. The summed E-state index contributed by atoms with van der Waals surface area (Å²) in [7, 11) is 0. The second-order valence-corrected chi connectivity index (χ2v) is 6.21. The summed E-state index contributed by atoms with van der Waals surface area (Å²) in [5.74, 6) is -0.311. The van der Waals surface area contributed by atoms with Crippen molar-refractivity contribution in [1.29, 1.82) is 0 Å². The fourth-order valence-electron chi connectivity index (χ4n) is 2.44. The van der Waals surface area contributed by atoms with Gasteiger partial charge in [-0.3, -0.25) is 4.79 Å². The summed E-state index contributed by atoms with van der Waals surface area (Å²) in [5.41, 5.74) is 8.86. The second-order valence-electron chi connectivity index (χ2n) is 5.36. The molecule has 0 bridgehead atoms. The molecule has 1 aromatic heterocycles. The van der Waals surface area contributed by atoms with E-state index in [4.69, 9.17) is 10.8 Å². The van der Waals surface area contributed by atoms with Crippen LogP contribution in [0.25, 0.3) is 5.69 Å². The van der Waals surface area contributed by atoms with Gasteiger partial charge in [0.15, 0.2) is 0 Å². The summed E-state index contributed by atoms with van der Waals surface area (Å²) in [4.78, 5) is 10.7. The number of carboxylic acids is 1. The Morgan fingerprint density at radius 3 is 2.67 bits per heavy atom. The molecule has 1 aliphatic carbocycles. The van der Waals surface area contributed by atoms with Crippen LogP contribution in [0.2, 0.25) is 0 Å². The van der Waals surface area contributed by atoms with Crippen LogP contribution in [-0.2, 0) is 4.79 Å². The minimum absolute atomic E-state index is 0.0695. The first-order valence-corrected chi connectivity index (χ1v) is 7.66. The summed E-state index contributed by atoms with van der Waals surface area (Å²) in [6.07, 6.45) is 4.15. The quantitative estimate of drug-likeness (QED) is 0.869. The number of nitrogens with zero attached hydrogens (tertiary/aromatic N) is 2. The van der Waals surface area contributed by atoms with Gasteiger partial charge in [-0.05, 0) is 46.5 Å². The lowest BCUT2D eigenvalue weighted by Gasteiger charge is -2.11. The summed E-state index contributed by atoms with van der Waals surface area (Å²) in [6, 6.07) is 7.12. The summed E-state index contributed by atoms with van der Waals surface area (Å²) >= 11 is 3.55. The maximum absolute atomic E-state index is 10.7. The third-order valence-corrected chi connectivity index (χ3v) is 4.29. The Bertz CT molecular complexity index is 662. The lowest BCUT2D eigenvalue weighted by atomic mass is 10.0. The number of rotatable bonds is 5. The Morgan fingerprint density at radius 2 is 2.10 bits per heavy atom. The molecule has 3 rings (SSSR count). The van der Waals surface area contributed by atoms with E-state index in [9.17, 15) is 4.79 Å². The van der Waals surface area contributed by atoms with E-state index >= 15 is 0 Å². The van der Waals surface area contributed by atoms with E-state index in [0.29, 0.717) is 5.92 Å². The minimum Gasteiger partial charge on any atom is -0.481 e. The maximum atomic E-state index is 10.7. The molecule has 5 nitrogen and oxygen atoms in total. The third-order valence-electron chi connectivity index (χ3n) is 3.68. The molecule has 0 saturated heterocycles. The standard InChI is InChI=1S/C15H16BrN3O2/c16-12-8-18-19(15(12)10-1-2-10)11-5-3-9(4-6-11)13(17)7-14(20)21/h3-6,8,10,13H,1-2,7,17H2,(H,20,21). The second kappa shape index (κ2) is 5.61. The average Bonchev–Trinajstić information content (AvgIpc) is 3.21. The van der Waals surface area contributed by atoms with E-state index in [2.05, 4.69) is 21.0 Å². The first-order valence-electron chi connectivity index (χ1n) is 6.87. The molecule has 0 amide bonds. The van der Waals surface area contributed by atoms with Crippen LogP contribution in [0.5, 0.6) is 0 Å². The Labute approximate surface area is 130 Å². The topological polar surface area (TPSA) is 81.1 Å². The zero-order valence-corrected chi connectivity index (χ0v) is 13.0. The highest BCUT2D eigenvalue weighted by atomic mass is 79.9. The van der Waals surface area contributed by atoms with Gasteiger partial charge in [0.1, 0.15) is 0 Å². The predicted molar refractivity (Wildman–Crippen MR) is 82.4 cm³/mol. The number of aliphatic carboxylic acids is 1. The summed E-state index contributed by atoms with van der Waals surface area (Å²) in [6.45, 7) is 0. The van der Waals surface area contributed by atoms with Crippen LogP contribution in [-0.4, -0.2) is 20.9 Å². The number of hydrogen-bond donors (Lipinski definition) is 2. The van der Waals surface area contributed by atoms with Gasteiger partial charge < -0.3 is 10.8 Å². The molecule has 6 heteroatoms. The minimum atomic E-state index is -0.890. The number of carboxylic acid groups (broad SMARTS) is 1. The zero-order chi connectivity index (χ0) is 15.0. The molecule has 1 saturated carbocycles. The molecule has 1 unspecified atom stereocenters. The van der Waals surface area contributed by atoms with Crippen molar-refractivity contribution in [1.82, 2.24) is 9.78 Å². The number of benzene rings is 1. The van der Waals surface area contributed by atoms with E-state index in [0.717, 1.165) is 15.7 Å². The molecule has 2 aromatic rings. The molecule has 1 fully saturated rings. The van der Waals surface area contributed by atoms with E-state index in [1.54, 1.807) is 0 Å². The van der Waals surface area contributed by atoms with Crippen molar-refractivity contribution in [2.24, 2.45) is 5.73 Å². The van der Waals surface area contributed by atoms with E-state index < -0.39 is 12.0 Å². The van der Waals surface area contributed by atoms with Crippen molar-refractivity contribution in [3.05, 3.63) is 46.2 Å². The first-order chi connectivity index (χ1) is 10.1. The van der Waals surface area contributed by atoms with Gasteiger partial charge in [-0.25, -0.2) is 4.68 Å².